The van der Waals surface area contributed by atoms with Gasteiger partial charge in [-0.1, -0.05) is 58.0 Å². The van der Waals surface area contributed by atoms with Crippen molar-refractivity contribution in [2.75, 3.05) is 0 Å². The van der Waals surface area contributed by atoms with Crippen molar-refractivity contribution in [1.29, 1.82) is 0 Å². The first-order valence-corrected chi connectivity index (χ1v) is 12.3. The molecule has 3 heterocycles. The quantitative estimate of drug-likeness (QED) is 0.259. The van der Waals surface area contributed by atoms with Crippen molar-refractivity contribution in [3.8, 4) is 22.8 Å². The average Bonchev–Trinajstić information content (AvgIpc) is 3.61. The van der Waals surface area contributed by atoms with Gasteiger partial charge in [-0.2, -0.15) is 0 Å². The van der Waals surface area contributed by atoms with E-state index in [-0.39, 0.29) is 0 Å². The number of para-hydroxylation sites is 3. The van der Waals surface area contributed by atoms with Crippen molar-refractivity contribution in [2.45, 2.75) is 39.5 Å². The molecule has 0 spiro atoms. The van der Waals surface area contributed by atoms with Crippen molar-refractivity contribution in [1.82, 2.24) is 14.1 Å². The molecule has 0 aliphatic carbocycles. The van der Waals surface area contributed by atoms with E-state index in [9.17, 15) is 0 Å². The predicted octanol–water partition coefficient (Wildman–Crippen LogP) is 8.48. The van der Waals surface area contributed by atoms with Crippen LogP contribution in [-0.4, -0.2) is 14.1 Å². The Morgan fingerprint density at radius 3 is 2.20 bits per heavy atom. The van der Waals surface area contributed by atoms with Crippen LogP contribution in [0.25, 0.3) is 44.8 Å². The normalized spacial score (nSPS) is 11.9. The van der Waals surface area contributed by atoms with E-state index in [1.54, 1.807) is 0 Å². The topological polar surface area (TPSA) is 35.9 Å². The highest BCUT2D eigenvalue weighted by Crippen LogP contribution is 2.39. The zero-order chi connectivity index (χ0) is 24.1. The van der Waals surface area contributed by atoms with Gasteiger partial charge in [-0.3, -0.25) is 4.57 Å². The van der Waals surface area contributed by atoms with Gasteiger partial charge in [0.25, 0.3) is 0 Å². The molecule has 0 N–H and O–H groups in total. The third kappa shape index (κ3) is 3.48. The second kappa shape index (κ2) is 8.31. The highest BCUT2D eigenvalue weighted by molar-refractivity contribution is 5.96. The molecular formula is C31H29N3O. The van der Waals surface area contributed by atoms with Crippen LogP contribution >= 0.6 is 0 Å². The monoisotopic (exact) mass is 459 g/mol. The number of aromatic nitrogens is 3. The van der Waals surface area contributed by atoms with Crippen molar-refractivity contribution in [2.24, 2.45) is 0 Å². The number of imidazole rings is 1. The summed E-state index contributed by atoms with van der Waals surface area (Å²) in [6, 6.07) is 25.5. The van der Waals surface area contributed by atoms with Crippen molar-refractivity contribution >= 4 is 22.0 Å². The number of benzene rings is 3. The third-order valence-corrected chi connectivity index (χ3v) is 6.83. The standard InChI is InChI=1S/C31H29N3O/c1-20(2)23-10-9-11-24(21(3)4)30(23)34-28-13-6-5-12-27(28)32-31(34)26-19-35-29-15-14-22(18-25(26)29)33-16-7-8-17-33/h5-21H,1-4H3. The molecule has 0 amide bonds. The van der Waals surface area contributed by atoms with E-state index >= 15 is 0 Å². The Hall–Kier alpha value is -4.05. The smallest absolute Gasteiger partial charge is 0.149 e. The summed E-state index contributed by atoms with van der Waals surface area (Å²) in [5.41, 5.74) is 8.91. The molecule has 0 radical (unpaired) electrons. The van der Waals surface area contributed by atoms with Crippen LogP contribution in [0.2, 0.25) is 0 Å². The van der Waals surface area contributed by atoms with E-state index in [0.29, 0.717) is 11.8 Å². The van der Waals surface area contributed by atoms with Crippen LogP contribution in [0, 0.1) is 0 Å². The van der Waals surface area contributed by atoms with Gasteiger partial charge in [0, 0.05) is 23.5 Å². The van der Waals surface area contributed by atoms with Crippen LogP contribution in [0.5, 0.6) is 0 Å². The highest BCUT2D eigenvalue weighted by atomic mass is 16.3. The van der Waals surface area contributed by atoms with Gasteiger partial charge in [0.2, 0.25) is 0 Å². The molecule has 0 saturated heterocycles. The predicted molar refractivity (Wildman–Crippen MR) is 144 cm³/mol. The van der Waals surface area contributed by atoms with Crippen LogP contribution in [0.1, 0.15) is 50.7 Å². The first-order valence-electron chi connectivity index (χ1n) is 12.3. The van der Waals surface area contributed by atoms with E-state index in [1.165, 1.54) is 16.8 Å². The van der Waals surface area contributed by atoms with Crippen molar-refractivity contribution in [3.63, 3.8) is 0 Å². The van der Waals surface area contributed by atoms with Crippen LogP contribution in [0.4, 0.5) is 0 Å². The third-order valence-electron chi connectivity index (χ3n) is 6.83. The molecule has 0 bridgehead atoms. The molecule has 3 aromatic heterocycles. The summed E-state index contributed by atoms with van der Waals surface area (Å²) in [7, 11) is 0. The largest absolute Gasteiger partial charge is 0.464 e. The van der Waals surface area contributed by atoms with E-state index in [0.717, 1.165) is 39.1 Å². The zero-order valence-electron chi connectivity index (χ0n) is 20.6. The van der Waals surface area contributed by atoms with E-state index in [1.807, 2.05) is 24.5 Å². The first kappa shape index (κ1) is 21.5. The molecule has 174 valence electrons. The molecule has 0 saturated carbocycles. The Balaban J connectivity index is 1.69. The molecule has 0 aliphatic rings. The molecule has 3 aromatic carbocycles. The van der Waals surface area contributed by atoms with Crippen molar-refractivity contribution < 1.29 is 4.42 Å². The Morgan fingerprint density at radius 1 is 0.771 bits per heavy atom. The fourth-order valence-electron chi connectivity index (χ4n) is 5.06. The lowest BCUT2D eigenvalue weighted by atomic mass is 9.92. The van der Waals surface area contributed by atoms with Gasteiger partial charge in [-0.25, -0.2) is 4.98 Å². The van der Waals surface area contributed by atoms with Crippen LogP contribution in [0.15, 0.2) is 95.9 Å². The SMILES string of the molecule is CC(C)c1cccc(C(C)C)c1-n1c(-c2coc3ccc(-n4cccc4)cc23)nc2ccccc21. The fraction of sp³-hybridized carbons (Fsp3) is 0.194. The summed E-state index contributed by atoms with van der Waals surface area (Å²) in [5.74, 6) is 1.66. The maximum Gasteiger partial charge on any atom is 0.149 e. The van der Waals surface area contributed by atoms with Crippen LogP contribution in [-0.2, 0) is 0 Å². The highest BCUT2D eigenvalue weighted by Gasteiger charge is 2.23. The van der Waals surface area contributed by atoms with E-state index in [4.69, 9.17) is 9.40 Å². The molecule has 35 heavy (non-hydrogen) atoms. The molecule has 0 aliphatic heterocycles. The number of nitrogens with zero attached hydrogens (tertiary/aromatic N) is 3. The minimum absolute atomic E-state index is 0.374. The molecule has 6 aromatic rings. The van der Waals surface area contributed by atoms with Crippen molar-refractivity contribution in [3.05, 3.63) is 103 Å². The second-order valence-corrected chi connectivity index (χ2v) is 9.77. The summed E-state index contributed by atoms with van der Waals surface area (Å²) < 4.78 is 10.5. The lowest BCUT2D eigenvalue weighted by Gasteiger charge is -2.22. The Bertz CT molecular complexity index is 1620. The number of rotatable bonds is 5. The summed E-state index contributed by atoms with van der Waals surface area (Å²) in [5, 5.41) is 1.06. The van der Waals surface area contributed by atoms with Gasteiger partial charge in [-0.15, -0.1) is 0 Å². The molecular weight excluding hydrogens is 430 g/mol. The lowest BCUT2D eigenvalue weighted by molar-refractivity contribution is 0.616. The van der Waals surface area contributed by atoms with Gasteiger partial charge in [0.05, 0.1) is 22.3 Å². The summed E-state index contributed by atoms with van der Waals surface area (Å²) in [6.45, 7) is 9.05. The Kier molecular flexibility index (Phi) is 5.10. The average molecular weight is 460 g/mol. The minimum atomic E-state index is 0.374. The number of hydrogen-bond acceptors (Lipinski definition) is 2. The molecule has 0 unspecified atom stereocenters. The lowest BCUT2D eigenvalue weighted by Crippen LogP contribution is -2.08. The molecule has 4 nitrogen and oxygen atoms in total. The maximum atomic E-state index is 6.06. The van der Waals surface area contributed by atoms with Gasteiger partial charge in [0.1, 0.15) is 17.7 Å². The van der Waals surface area contributed by atoms with Crippen LogP contribution < -0.4 is 0 Å². The Morgan fingerprint density at radius 2 is 1.49 bits per heavy atom. The van der Waals surface area contributed by atoms with Gasteiger partial charge < -0.3 is 8.98 Å². The van der Waals surface area contributed by atoms with Gasteiger partial charge >= 0.3 is 0 Å². The zero-order valence-corrected chi connectivity index (χ0v) is 20.6. The number of fused-ring (bicyclic) bond motifs is 2. The van der Waals surface area contributed by atoms with Crippen LogP contribution in [0.3, 0.4) is 0 Å². The summed E-state index contributed by atoms with van der Waals surface area (Å²) in [4.78, 5) is 5.17. The summed E-state index contributed by atoms with van der Waals surface area (Å²) >= 11 is 0. The maximum absolute atomic E-state index is 6.06. The van der Waals surface area contributed by atoms with Gasteiger partial charge in [0.15, 0.2) is 0 Å². The van der Waals surface area contributed by atoms with Gasteiger partial charge in [-0.05, 0) is 65.4 Å². The fourth-order valence-corrected chi connectivity index (χ4v) is 5.06. The number of hydrogen-bond donors (Lipinski definition) is 0. The Labute approximate surface area is 205 Å². The summed E-state index contributed by atoms with van der Waals surface area (Å²) in [6.07, 6.45) is 5.97. The second-order valence-electron chi connectivity index (χ2n) is 9.77. The minimum Gasteiger partial charge on any atom is -0.464 e. The molecule has 0 fully saturated rings. The number of furan rings is 1. The molecule has 4 heteroatoms. The molecule has 0 atom stereocenters. The first-order chi connectivity index (χ1) is 17.0. The van der Waals surface area contributed by atoms with E-state index < -0.39 is 0 Å². The molecule has 6 rings (SSSR count). The van der Waals surface area contributed by atoms with E-state index in [2.05, 4.69) is 104 Å².